The van der Waals surface area contributed by atoms with Crippen molar-refractivity contribution in [1.82, 2.24) is 15.5 Å². The van der Waals surface area contributed by atoms with E-state index < -0.39 is 6.04 Å². The summed E-state index contributed by atoms with van der Waals surface area (Å²) in [5, 5.41) is 6.64. The van der Waals surface area contributed by atoms with Gasteiger partial charge in [-0.2, -0.15) is 0 Å². The predicted octanol–water partition coefficient (Wildman–Crippen LogP) is 2.48. The van der Waals surface area contributed by atoms with E-state index in [2.05, 4.69) is 17.6 Å². The molecule has 1 aromatic carbocycles. The molecule has 1 aromatic rings. The molecule has 2 amide bonds. The topological polar surface area (TPSA) is 61.4 Å². The van der Waals surface area contributed by atoms with Crippen LogP contribution in [0.5, 0.6) is 0 Å². The van der Waals surface area contributed by atoms with Crippen LogP contribution >= 0.6 is 24.0 Å². The molecule has 1 fully saturated rings. The normalized spacial score (nSPS) is 17.7. The van der Waals surface area contributed by atoms with Gasteiger partial charge in [-0.25, -0.2) is 0 Å². The lowest BCUT2D eigenvalue weighted by molar-refractivity contribution is -0.134. The van der Waals surface area contributed by atoms with E-state index in [1.807, 2.05) is 4.90 Å². The van der Waals surface area contributed by atoms with E-state index in [1.54, 1.807) is 31.2 Å². The molecule has 0 aromatic heterocycles. The van der Waals surface area contributed by atoms with E-state index in [0.29, 0.717) is 17.1 Å². The van der Waals surface area contributed by atoms with Crippen LogP contribution in [0.4, 0.5) is 0 Å². The highest BCUT2D eigenvalue weighted by molar-refractivity contribution is 6.30. The van der Waals surface area contributed by atoms with Crippen molar-refractivity contribution in [1.29, 1.82) is 0 Å². The quantitative estimate of drug-likeness (QED) is 0.804. The summed E-state index contributed by atoms with van der Waals surface area (Å²) in [6.45, 7) is 6.26. The van der Waals surface area contributed by atoms with Crippen molar-refractivity contribution in [3.05, 3.63) is 34.9 Å². The highest BCUT2D eigenvalue weighted by Crippen LogP contribution is 2.12. The summed E-state index contributed by atoms with van der Waals surface area (Å²) in [5.41, 5.74) is 0.499. The molecule has 134 valence electrons. The van der Waals surface area contributed by atoms with Gasteiger partial charge in [0.1, 0.15) is 6.04 Å². The van der Waals surface area contributed by atoms with Crippen LogP contribution in [0.3, 0.4) is 0 Å². The fourth-order valence-corrected chi connectivity index (χ4v) is 2.94. The Morgan fingerprint density at radius 2 is 2.04 bits per heavy atom. The van der Waals surface area contributed by atoms with Gasteiger partial charge in [-0.15, -0.1) is 12.4 Å². The molecule has 0 saturated carbocycles. The first-order valence-electron chi connectivity index (χ1n) is 8.10. The number of amides is 2. The Balaban J connectivity index is 0.00000288. The van der Waals surface area contributed by atoms with Gasteiger partial charge >= 0.3 is 0 Å². The Kier molecular flexibility index (Phi) is 8.53. The molecule has 0 aliphatic carbocycles. The lowest BCUT2D eigenvalue weighted by atomic mass is 10.1. The number of benzene rings is 1. The van der Waals surface area contributed by atoms with E-state index in [4.69, 9.17) is 11.6 Å². The molecule has 0 radical (unpaired) electrons. The van der Waals surface area contributed by atoms with Crippen molar-refractivity contribution < 1.29 is 9.59 Å². The van der Waals surface area contributed by atoms with E-state index in [0.717, 1.165) is 25.9 Å². The zero-order valence-corrected chi connectivity index (χ0v) is 15.6. The summed E-state index contributed by atoms with van der Waals surface area (Å²) in [7, 11) is 0. The molecular weight excluding hydrogens is 349 g/mol. The van der Waals surface area contributed by atoms with E-state index in [9.17, 15) is 9.59 Å². The number of carbonyl (C=O) groups is 2. The Morgan fingerprint density at radius 1 is 1.38 bits per heavy atom. The maximum atomic E-state index is 12.7. The van der Waals surface area contributed by atoms with Gasteiger partial charge < -0.3 is 15.5 Å². The molecule has 7 heteroatoms. The Bertz CT molecular complexity index is 545. The average molecular weight is 374 g/mol. The average Bonchev–Trinajstić information content (AvgIpc) is 3.06. The van der Waals surface area contributed by atoms with Crippen molar-refractivity contribution in [2.24, 2.45) is 0 Å². The van der Waals surface area contributed by atoms with E-state index >= 15 is 0 Å². The molecule has 0 spiro atoms. The maximum absolute atomic E-state index is 12.7. The number of halogens is 2. The molecule has 0 bridgehead atoms. The van der Waals surface area contributed by atoms with E-state index in [1.165, 1.54) is 0 Å². The monoisotopic (exact) mass is 373 g/mol. The van der Waals surface area contributed by atoms with Crippen LogP contribution in [0.2, 0.25) is 5.02 Å². The highest BCUT2D eigenvalue weighted by atomic mass is 35.5. The molecule has 2 N–H and O–H groups in total. The van der Waals surface area contributed by atoms with Crippen LogP contribution in [0.25, 0.3) is 0 Å². The first kappa shape index (κ1) is 20.7. The minimum Gasteiger partial charge on any atom is -0.341 e. The van der Waals surface area contributed by atoms with Gasteiger partial charge in [0.2, 0.25) is 5.91 Å². The highest BCUT2D eigenvalue weighted by Gasteiger charge is 2.29. The zero-order valence-electron chi connectivity index (χ0n) is 14.0. The summed E-state index contributed by atoms with van der Waals surface area (Å²) >= 11 is 5.82. The van der Waals surface area contributed by atoms with E-state index in [-0.39, 0.29) is 30.3 Å². The molecule has 2 rings (SSSR count). The minimum atomic E-state index is -0.551. The number of hydrogen-bond donors (Lipinski definition) is 2. The van der Waals surface area contributed by atoms with Gasteiger partial charge in [0, 0.05) is 29.7 Å². The van der Waals surface area contributed by atoms with Gasteiger partial charge in [-0.05, 0) is 50.6 Å². The Hall–Kier alpha value is -1.30. The van der Waals surface area contributed by atoms with Crippen LogP contribution < -0.4 is 10.6 Å². The fourth-order valence-electron chi connectivity index (χ4n) is 2.81. The fraction of sp³-hybridized carbons (Fsp3) is 0.529. The first-order valence-corrected chi connectivity index (χ1v) is 8.48. The van der Waals surface area contributed by atoms with Gasteiger partial charge in [-0.3, -0.25) is 9.59 Å². The van der Waals surface area contributed by atoms with Crippen molar-refractivity contribution >= 4 is 35.8 Å². The van der Waals surface area contributed by atoms with Crippen LogP contribution in [-0.2, 0) is 4.79 Å². The second-order valence-corrected chi connectivity index (χ2v) is 6.32. The van der Waals surface area contributed by atoms with Gasteiger partial charge in [0.25, 0.3) is 5.91 Å². The predicted molar refractivity (Wildman–Crippen MR) is 98.9 cm³/mol. The lowest BCUT2D eigenvalue weighted by Gasteiger charge is -2.31. The van der Waals surface area contributed by atoms with Crippen LogP contribution in [-0.4, -0.2) is 48.4 Å². The third kappa shape index (κ3) is 5.36. The second-order valence-electron chi connectivity index (χ2n) is 5.88. The Labute approximate surface area is 154 Å². The number of hydrogen-bond acceptors (Lipinski definition) is 3. The summed E-state index contributed by atoms with van der Waals surface area (Å²) in [5.74, 6) is -0.286. The SMILES string of the molecule is CCCN(C(=O)C(C)NC(=O)c1ccc(Cl)cc1)C1CCNC1.Cl. The van der Waals surface area contributed by atoms with Gasteiger partial charge in [0.15, 0.2) is 0 Å². The number of rotatable bonds is 6. The standard InChI is InChI=1S/C17H24ClN3O2.ClH/c1-3-10-21(15-8-9-19-11-15)17(23)12(2)20-16(22)13-4-6-14(18)7-5-13;/h4-7,12,15,19H,3,8-11H2,1-2H3,(H,20,22);1H. The first-order chi connectivity index (χ1) is 11.0. The van der Waals surface area contributed by atoms with Crippen LogP contribution in [0.1, 0.15) is 37.0 Å². The molecule has 5 nitrogen and oxygen atoms in total. The van der Waals surface area contributed by atoms with Gasteiger partial charge in [-0.1, -0.05) is 18.5 Å². The summed E-state index contributed by atoms with van der Waals surface area (Å²) in [6.07, 6.45) is 1.86. The maximum Gasteiger partial charge on any atom is 0.251 e. The van der Waals surface area contributed by atoms with Crippen molar-refractivity contribution in [3.63, 3.8) is 0 Å². The van der Waals surface area contributed by atoms with Crippen molar-refractivity contribution in [3.8, 4) is 0 Å². The molecule has 1 aliphatic heterocycles. The third-order valence-corrected chi connectivity index (χ3v) is 4.30. The molecule has 1 saturated heterocycles. The molecule has 1 heterocycles. The van der Waals surface area contributed by atoms with Crippen molar-refractivity contribution in [2.45, 2.75) is 38.8 Å². The minimum absolute atomic E-state index is 0. The summed E-state index contributed by atoms with van der Waals surface area (Å²) < 4.78 is 0. The smallest absolute Gasteiger partial charge is 0.251 e. The summed E-state index contributed by atoms with van der Waals surface area (Å²) in [4.78, 5) is 26.8. The van der Waals surface area contributed by atoms with Crippen molar-refractivity contribution in [2.75, 3.05) is 19.6 Å². The number of carbonyl (C=O) groups excluding carboxylic acids is 2. The third-order valence-electron chi connectivity index (χ3n) is 4.05. The number of nitrogens with zero attached hydrogens (tertiary/aromatic N) is 1. The second kappa shape index (κ2) is 9.87. The van der Waals surface area contributed by atoms with Crippen LogP contribution in [0, 0.1) is 0 Å². The van der Waals surface area contributed by atoms with Gasteiger partial charge in [0.05, 0.1) is 0 Å². The largest absolute Gasteiger partial charge is 0.341 e. The Morgan fingerprint density at radius 3 is 2.58 bits per heavy atom. The zero-order chi connectivity index (χ0) is 16.8. The number of nitrogens with one attached hydrogen (secondary N) is 2. The molecule has 2 unspecified atom stereocenters. The molecule has 24 heavy (non-hydrogen) atoms. The molecular formula is C17H25Cl2N3O2. The summed E-state index contributed by atoms with van der Waals surface area (Å²) in [6, 6.07) is 6.30. The molecule has 2 atom stereocenters. The van der Waals surface area contributed by atoms with Crippen LogP contribution in [0.15, 0.2) is 24.3 Å². The molecule has 1 aliphatic rings. The lowest BCUT2D eigenvalue weighted by Crippen LogP contribution is -2.51.